The van der Waals surface area contributed by atoms with E-state index in [4.69, 9.17) is 4.74 Å². The van der Waals surface area contributed by atoms with E-state index in [2.05, 4.69) is 31.0 Å². The first-order chi connectivity index (χ1) is 10.1. The fraction of sp³-hybridized carbons (Fsp3) is 1.00. The van der Waals surface area contributed by atoms with Gasteiger partial charge < -0.3 is 10.1 Å². The number of ether oxygens (including phenoxy) is 1. The molecule has 3 nitrogen and oxygen atoms in total. The minimum absolute atomic E-state index is 0.423. The zero-order valence-corrected chi connectivity index (χ0v) is 14.2. The molecule has 0 radical (unpaired) electrons. The molecule has 21 heavy (non-hydrogen) atoms. The van der Waals surface area contributed by atoms with Crippen LogP contribution in [0, 0.1) is 11.8 Å². The van der Waals surface area contributed by atoms with E-state index in [9.17, 15) is 0 Å². The molecular weight excluding hydrogens is 260 g/mol. The summed E-state index contributed by atoms with van der Waals surface area (Å²) in [5.74, 6) is 1.47. The normalized spacial score (nSPS) is 37.4. The fourth-order valence-corrected chi connectivity index (χ4v) is 4.75. The van der Waals surface area contributed by atoms with Crippen molar-refractivity contribution in [3.05, 3.63) is 0 Å². The third-order valence-corrected chi connectivity index (χ3v) is 6.24. The molecule has 1 aliphatic carbocycles. The average Bonchev–Trinajstić information content (AvgIpc) is 2.85. The van der Waals surface area contributed by atoms with Crippen LogP contribution in [0.4, 0.5) is 0 Å². The lowest BCUT2D eigenvalue weighted by Gasteiger charge is -2.51. The van der Waals surface area contributed by atoms with E-state index in [-0.39, 0.29) is 0 Å². The van der Waals surface area contributed by atoms with Gasteiger partial charge in [0.25, 0.3) is 0 Å². The molecule has 2 saturated heterocycles. The summed E-state index contributed by atoms with van der Waals surface area (Å²) in [5, 5.41) is 3.96. The van der Waals surface area contributed by atoms with Crippen molar-refractivity contribution < 1.29 is 4.74 Å². The number of hydrogen-bond acceptors (Lipinski definition) is 3. The quantitative estimate of drug-likeness (QED) is 0.866. The zero-order chi connectivity index (χ0) is 14.9. The second-order valence-corrected chi connectivity index (χ2v) is 8.09. The van der Waals surface area contributed by atoms with E-state index in [1.54, 1.807) is 0 Å². The Labute approximate surface area is 130 Å². The third kappa shape index (κ3) is 3.46. The van der Waals surface area contributed by atoms with Crippen molar-refractivity contribution in [1.29, 1.82) is 0 Å². The van der Waals surface area contributed by atoms with Crippen LogP contribution < -0.4 is 5.32 Å². The molecule has 1 spiro atoms. The van der Waals surface area contributed by atoms with E-state index >= 15 is 0 Å². The molecule has 2 aliphatic heterocycles. The van der Waals surface area contributed by atoms with Gasteiger partial charge in [-0.05, 0) is 38.0 Å². The van der Waals surface area contributed by atoms with Gasteiger partial charge in [0.15, 0.2) is 0 Å². The topological polar surface area (TPSA) is 24.5 Å². The van der Waals surface area contributed by atoms with Gasteiger partial charge in [0.05, 0.1) is 6.10 Å². The van der Waals surface area contributed by atoms with Crippen molar-refractivity contribution in [1.82, 2.24) is 10.2 Å². The van der Waals surface area contributed by atoms with Crippen molar-refractivity contribution in [3.63, 3.8) is 0 Å². The molecule has 0 aromatic rings. The molecule has 0 aromatic carbocycles. The van der Waals surface area contributed by atoms with Crippen LogP contribution in [0.3, 0.4) is 0 Å². The highest BCUT2D eigenvalue weighted by molar-refractivity contribution is 5.01. The number of piperazine rings is 1. The van der Waals surface area contributed by atoms with Gasteiger partial charge in [0, 0.05) is 37.8 Å². The molecule has 122 valence electrons. The molecule has 3 atom stereocenters. The minimum atomic E-state index is 0.423. The number of rotatable bonds is 3. The largest absolute Gasteiger partial charge is 0.378 e. The second kappa shape index (κ2) is 6.55. The van der Waals surface area contributed by atoms with Crippen molar-refractivity contribution >= 4 is 0 Å². The Morgan fingerprint density at radius 3 is 2.62 bits per heavy atom. The number of nitrogens with zero attached hydrogens (tertiary/aromatic N) is 1. The molecule has 0 amide bonds. The van der Waals surface area contributed by atoms with Gasteiger partial charge in [-0.3, -0.25) is 4.90 Å². The summed E-state index contributed by atoms with van der Waals surface area (Å²) in [4.78, 5) is 2.82. The Morgan fingerprint density at radius 2 is 2.00 bits per heavy atom. The highest BCUT2D eigenvalue weighted by atomic mass is 16.5. The predicted octanol–water partition coefficient (Wildman–Crippen LogP) is 3.04. The lowest BCUT2D eigenvalue weighted by atomic mass is 9.78. The number of hydrogen-bond donors (Lipinski definition) is 1. The van der Waals surface area contributed by atoms with Crippen molar-refractivity contribution in [3.8, 4) is 0 Å². The lowest BCUT2D eigenvalue weighted by Crippen LogP contribution is -2.66. The van der Waals surface area contributed by atoms with Gasteiger partial charge in [0.1, 0.15) is 0 Å². The van der Waals surface area contributed by atoms with Crippen LogP contribution >= 0.6 is 0 Å². The van der Waals surface area contributed by atoms with Gasteiger partial charge in [-0.1, -0.05) is 33.1 Å². The first-order valence-electron chi connectivity index (χ1n) is 9.20. The Balaban J connectivity index is 1.68. The lowest BCUT2D eigenvalue weighted by molar-refractivity contribution is 0.0150. The molecule has 2 heterocycles. The average molecular weight is 294 g/mol. The standard InChI is InChI=1S/C18H34N2O/c1-14(2)17-11-19-18(8-5-4-6-9-18)13-20(17)12-16-7-10-21-15(16)3/h14-17,19H,4-13H2,1-3H3. The van der Waals surface area contributed by atoms with Crippen molar-refractivity contribution in [2.24, 2.45) is 11.8 Å². The van der Waals surface area contributed by atoms with E-state index in [1.807, 2.05) is 0 Å². The molecule has 3 aliphatic rings. The summed E-state index contributed by atoms with van der Waals surface area (Å²) in [5.41, 5.74) is 0.423. The summed E-state index contributed by atoms with van der Waals surface area (Å²) in [7, 11) is 0. The summed E-state index contributed by atoms with van der Waals surface area (Å²) in [6, 6.07) is 0.699. The maximum atomic E-state index is 5.80. The van der Waals surface area contributed by atoms with E-state index in [1.165, 1.54) is 58.2 Å². The summed E-state index contributed by atoms with van der Waals surface area (Å²) < 4.78 is 5.80. The summed E-state index contributed by atoms with van der Waals surface area (Å²) in [6.07, 6.45) is 8.73. The Morgan fingerprint density at radius 1 is 1.24 bits per heavy atom. The van der Waals surface area contributed by atoms with Crippen LogP contribution in [0.2, 0.25) is 0 Å². The van der Waals surface area contributed by atoms with E-state index in [0.717, 1.165) is 18.4 Å². The van der Waals surface area contributed by atoms with Gasteiger partial charge in [0.2, 0.25) is 0 Å². The zero-order valence-electron chi connectivity index (χ0n) is 14.2. The monoisotopic (exact) mass is 294 g/mol. The van der Waals surface area contributed by atoms with Crippen molar-refractivity contribution in [2.75, 3.05) is 26.2 Å². The first-order valence-corrected chi connectivity index (χ1v) is 9.20. The first kappa shape index (κ1) is 15.8. The Bertz CT molecular complexity index is 338. The molecule has 3 unspecified atom stereocenters. The smallest absolute Gasteiger partial charge is 0.0588 e. The van der Waals surface area contributed by atoms with E-state index in [0.29, 0.717) is 17.7 Å². The van der Waals surface area contributed by atoms with E-state index < -0.39 is 0 Å². The molecule has 1 N–H and O–H groups in total. The maximum absolute atomic E-state index is 5.80. The van der Waals surface area contributed by atoms with Crippen LogP contribution in [-0.4, -0.2) is 48.8 Å². The molecule has 1 saturated carbocycles. The van der Waals surface area contributed by atoms with Crippen LogP contribution in [0.5, 0.6) is 0 Å². The van der Waals surface area contributed by atoms with Crippen molar-refractivity contribution in [2.45, 2.75) is 77.0 Å². The van der Waals surface area contributed by atoms with Crippen LogP contribution in [0.15, 0.2) is 0 Å². The highest BCUT2D eigenvalue weighted by Gasteiger charge is 2.41. The van der Waals surface area contributed by atoms with Gasteiger partial charge in [-0.15, -0.1) is 0 Å². The molecule has 0 aromatic heterocycles. The predicted molar refractivity (Wildman–Crippen MR) is 87.5 cm³/mol. The highest BCUT2D eigenvalue weighted by Crippen LogP contribution is 2.34. The fourth-order valence-electron chi connectivity index (χ4n) is 4.75. The molecular formula is C18H34N2O. The van der Waals surface area contributed by atoms with Gasteiger partial charge >= 0.3 is 0 Å². The Hall–Kier alpha value is -0.120. The van der Waals surface area contributed by atoms with Crippen LogP contribution in [0.1, 0.15) is 59.3 Å². The van der Waals surface area contributed by atoms with Crippen LogP contribution in [0.25, 0.3) is 0 Å². The minimum Gasteiger partial charge on any atom is -0.378 e. The molecule has 3 rings (SSSR count). The summed E-state index contributed by atoms with van der Waals surface area (Å²) >= 11 is 0. The molecule has 3 heteroatoms. The molecule has 0 bridgehead atoms. The van der Waals surface area contributed by atoms with Gasteiger partial charge in [-0.2, -0.15) is 0 Å². The third-order valence-electron chi connectivity index (χ3n) is 6.24. The maximum Gasteiger partial charge on any atom is 0.0588 e. The SMILES string of the molecule is CC(C)C1CNC2(CCCCC2)CN1CC1CCOC1C. The van der Waals surface area contributed by atoms with Gasteiger partial charge in [-0.25, -0.2) is 0 Å². The second-order valence-electron chi connectivity index (χ2n) is 8.09. The Kier molecular flexibility index (Phi) is 4.92. The summed E-state index contributed by atoms with van der Waals surface area (Å²) in [6.45, 7) is 11.7. The number of nitrogens with one attached hydrogen (secondary N) is 1. The van der Waals surface area contributed by atoms with Crippen LogP contribution in [-0.2, 0) is 4.74 Å². The molecule has 3 fully saturated rings.